The minimum absolute atomic E-state index is 0.311. The Bertz CT molecular complexity index is 359. The van der Waals surface area contributed by atoms with Crippen LogP contribution in [-0.2, 0) is 0 Å². The molecule has 15 heavy (non-hydrogen) atoms. The summed E-state index contributed by atoms with van der Waals surface area (Å²) >= 11 is 0. The zero-order valence-corrected chi connectivity index (χ0v) is 8.88. The van der Waals surface area contributed by atoms with Crippen molar-refractivity contribution in [3.8, 4) is 6.07 Å². The number of nitriles is 1. The van der Waals surface area contributed by atoms with Crippen LogP contribution in [0.4, 0.5) is 5.82 Å². The Balaban J connectivity index is 2.73. The van der Waals surface area contributed by atoms with Crippen molar-refractivity contribution in [2.75, 3.05) is 18.5 Å². The van der Waals surface area contributed by atoms with Crippen molar-refractivity contribution >= 4 is 5.82 Å². The SMILES string of the molecule is C[C@H](O)CCN(C)c1nccnc1C#N. The molecule has 0 fully saturated rings. The largest absolute Gasteiger partial charge is 0.393 e. The van der Waals surface area contributed by atoms with Crippen molar-refractivity contribution in [1.82, 2.24) is 9.97 Å². The molecule has 0 unspecified atom stereocenters. The molecule has 0 spiro atoms. The van der Waals surface area contributed by atoms with Crippen molar-refractivity contribution in [3.05, 3.63) is 18.1 Å². The highest BCUT2D eigenvalue weighted by atomic mass is 16.3. The van der Waals surface area contributed by atoms with Gasteiger partial charge in [-0.25, -0.2) is 9.97 Å². The first-order valence-electron chi connectivity index (χ1n) is 4.75. The molecule has 0 radical (unpaired) electrons. The summed E-state index contributed by atoms with van der Waals surface area (Å²) in [6, 6.07) is 1.99. The van der Waals surface area contributed by atoms with Crippen LogP contribution in [0.2, 0.25) is 0 Å². The fraction of sp³-hybridized carbons (Fsp3) is 0.500. The van der Waals surface area contributed by atoms with Crippen LogP contribution in [0.5, 0.6) is 0 Å². The van der Waals surface area contributed by atoms with Crippen molar-refractivity contribution in [2.45, 2.75) is 19.4 Å². The van der Waals surface area contributed by atoms with Crippen molar-refractivity contribution < 1.29 is 5.11 Å². The van der Waals surface area contributed by atoms with Gasteiger partial charge in [-0.2, -0.15) is 5.26 Å². The van der Waals surface area contributed by atoms with Gasteiger partial charge >= 0.3 is 0 Å². The van der Waals surface area contributed by atoms with E-state index in [4.69, 9.17) is 10.4 Å². The molecule has 5 heteroatoms. The standard InChI is InChI=1S/C10H14N4O/c1-8(15)3-6-14(2)10-9(7-11)12-4-5-13-10/h4-5,8,15H,3,6H2,1-2H3/t8-/m0/s1. The Morgan fingerprint density at radius 1 is 1.53 bits per heavy atom. The average molecular weight is 206 g/mol. The van der Waals surface area contributed by atoms with E-state index in [-0.39, 0.29) is 6.10 Å². The third-order valence-corrected chi connectivity index (χ3v) is 2.03. The molecule has 1 aromatic rings. The first-order chi connectivity index (χ1) is 7.15. The molecule has 1 atom stereocenters. The van der Waals surface area contributed by atoms with E-state index in [2.05, 4.69) is 9.97 Å². The summed E-state index contributed by atoms with van der Waals surface area (Å²) in [4.78, 5) is 9.82. The van der Waals surface area contributed by atoms with E-state index >= 15 is 0 Å². The van der Waals surface area contributed by atoms with Gasteiger partial charge in [0.1, 0.15) is 6.07 Å². The number of aliphatic hydroxyl groups is 1. The molecular weight excluding hydrogens is 192 g/mol. The van der Waals surface area contributed by atoms with Crippen LogP contribution in [0.1, 0.15) is 19.0 Å². The summed E-state index contributed by atoms with van der Waals surface area (Å²) in [5.41, 5.74) is 0.311. The molecule has 1 rings (SSSR count). The molecule has 5 nitrogen and oxygen atoms in total. The summed E-state index contributed by atoms with van der Waals surface area (Å²) < 4.78 is 0. The molecule has 0 aliphatic rings. The normalized spacial score (nSPS) is 11.9. The van der Waals surface area contributed by atoms with E-state index in [9.17, 15) is 0 Å². The highest BCUT2D eigenvalue weighted by molar-refractivity contribution is 5.48. The minimum atomic E-state index is -0.352. The van der Waals surface area contributed by atoms with Crippen LogP contribution < -0.4 is 4.90 Å². The van der Waals surface area contributed by atoms with Crippen LogP contribution in [0.25, 0.3) is 0 Å². The van der Waals surface area contributed by atoms with Gasteiger partial charge in [-0.15, -0.1) is 0 Å². The Morgan fingerprint density at radius 3 is 2.80 bits per heavy atom. The molecule has 80 valence electrons. The number of rotatable bonds is 4. The van der Waals surface area contributed by atoms with Gasteiger partial charge in [-0.3, -0.25) is 0 Å². The van der Waals surface area contributed by atoms with Gasteiger partial charge in [-0.05, 0) is 13.3 Å². The lowest BCUT2D eigenvalue weighted by Gasteiger charge is -2.18. The second-order valence-electron chi connectivity index (χ2n) is 3.40. The predicted octanol–water partition coefficient (Wildman–Crippen LogP) is 0.555. The zero-order valence-electron chi connectivity index (χ0n) is 8.88. The summed E-state index contributed by atoms with van der Waals surface area (Å²) in [5.74, 6) is 0.556. The van der Waals surface area contributed by atoms with E-state index in [1.807, 2.05) is 18.0 Å². The maximum atomic E-state index is 9.15. The maximum Gasteiger partial charge on any atom is 0.183 e. The van der Waals surface area contributed by atoms with Gasteiger partial charge in [0.25, 0.3) is 0 Å². The Morgan fingerprint density at radius 2 is 2.20 bits per heavy atom. The first kappa shape index (κ1) is 11.4. The lowest BCUT2D eigenvalue weighted by Crippen LogP contribution is -2.23. The summed E-state index contributed by atoms with van der Waals surface area (Å²) in [6.45, 7) is 2.38. The molecule has 1 N–H and O–H groups in total. The van der Waals surface area contributed by atoms with Crippen LogP contribution in [0.3, 0.4) is 0 Å². The summed E-state index contributed by atoms with van der Waals surface area (Å²) in [6.07, 6.45) is 3.33. The van der Waals surface area contributed by atoms with Crippen LogP contribution in [0.15, 0.2) is 12.4 Å². The third-order valence-electron chi connectivity index (χ3n) is 2.03. The summed E-state index contributed by atoms with van der Waals surface area (Å²) in [7, 11) is 1.83. The number of anilines is 1. The molecule has 0 saturated carbocycles. The fourth-order valence-electron chi connectivity index (χ4n) is 1.18. The molecule has 0 bridgehead atoms. The molecule has 0 aromatic carbocycles. The molecule has 0 amide bonds. The quantitative estimate of drug-likeness (QED) is 0.779. The highest BCUT2D eigenvalue weighted by Crippen LogP contribution is 2.12. The van der Waals surface area contributed by atoms with Crippen LogP contribution in [-0.4, -0.2) is 34.8 Å². The fourth-order valence-corrected chi connectivity index (χ4v) is 1.18. The smallest absolute Gasteiger partial charge is 0.183 e. The average Bonchev–Trinajstić information content (AvgIpc) is 2.25. The van der Waals surface area contributed by atoms with E-state index < -0.39 is 0 Å². The minimum Gasteiger partial charge on any atom is -0.393 e. The topological polar surface area (TPSA) is 73.0 Å². The van der Waals surface area contributed by atoms with E-state index in [1.165, 1.54) is 6.20 Å². The van der Waals surface area contributed by atoms with Gasteiger partial charge in [0, 0.05) is 26.0 Å². The number of hydrogen-bond donors (Lipinski definition) is 1. The maximum absolute atomic E-state index is 9.15. The Labute approximate surface area is 89.0 Å². The Kier molecular flexibility index (Phi) is 4.01. The van der Waals surface area contributed by atoms with Crippen molar-refractivity contribution in [2.24, 2.45) is 0 Å². The van der Waals surface area contributed by atoms with E-state index in [0.29, 0.717) is 24.5 Å². The lowest BCUT2D eigenvalue weighted by atomic mass is 10.2. The van der Waals surface area contributed by atoms with Crippen molar-refractivity contribution in [3.63, 3.8) is 0 Å². The molecule has 0 aliphatic heterocycles. The second-order valence-corrected chi connectivity index (χ2v) is 3.40. The third kappa shape index (κ3) is 3.18. The van der Waals surface area contributed by atoms with Crippen LogP contribution in [0, 0.1) is 11.3 Å². The van der Waals surface area contributed by atoms with E-state index in [0.717, 1.165) is 0 Å². The van der Waals surface area contributed by atoms with Crippen LogP contribution >= 0.6 is 0 Å². The number of aliphatic hydroxyl groups excluding tert-OH is 1. The van der Waals surface area contributed by atoms with E-state index in [1.54, 1.807) is 13.1 Å². The van der Waals surface area contributed by atoms with Gasteiger partial charge in [0.05, 0.1) is 6.10 Å². The first-order valence-corrected chi connectivity index (χ1v) is 4.75. The molecule has 0 aliphatic carbocycles. The molecule has 1 heterocycles. The number of aromatic nitrogens is 2. The van der Waals surface area contributed by atoms with Gasteiger partial charge in [0.2, 0.25) is 0 Å². The number of hydrogen-bond acceptors (Lipinski definition) is 5. The summed E-state index contributed by atoms with van der Waals surface area (Å²) in [5, 5.41) is 18.0. The Hall–Kier alpha value is -1.67. The predicted molar refractivity (Wildman–Crippen MR) is 56.3 cm³/mol. The zero-order chi connectivity index (χ0) is 11.3. The van der Waals surface area contributed by atoms with Crippen molar-refractivity contribution in [1.29, 1.82) is 5.26 Å². The monoisotopic (exact) mass is 206 g/mol. The van der Waals surface area contributed by atoms with Gasteiger partial charge < -0.3 is 10.0 Å². The highest BCUT2D eigenvalue weighted by Gasteiger charge is 2.09. The number of nitrogens with zero attached hydrogens (tertiary/aromatic N) is 4. The second kappa shape index (κ2) is 5.27. The molecule has 1 aromatic heterocycles. The lowest BCUT2D eigenvalue weighted by molar-refractivity contribution is 0.187. The molecule has 0 saturated heterocycles. The van der Waals surface area contributed by atoms with Gasteiger partial charge in [-0.1, -0.05) is 0 Å². The molecular formula is C10H14N4O. The van der Waals surface area contributed by atoms with Gasteiger partial charge in [0.15, 0.2) is 11.5 Å².